The Hall–Kier alpha value is -0.730. The number of carbonyl (C=O) groups is 1. The van der Waals surface area contributed by atoms with Gasteiger partial charge in [-0.1, -0.05) is 43.1 Å². The van der Waals surface area contributed by atoms with Gasteiger partial charge < -0.3 is 5.32 Å². The van der Waals surface area contributed by atoms with Crippen molar-refractivity contribution in [2.45, 2.75) is 33.1 Å². The van der Waals surface area contributed by atoms with Gasteiger partial charge in [0.25, 0.3) is 0 Å². The van der Waals surface area contributed by atoms with Crippen molar-refractivity contribution in [1.29, 1.82) is 0 Å². The molecule has 6 rings (SSSR count). The largest absolute Gasteiger partial charge is 0.324 e. The van der Waals surface area contributed by atoms with Crippen LogP contribution in [-0.4, -0.2) is 5.91 Å². The molecular formula is C16H17Cl2NO. The first-order chi connectivity index (χ1) is 9.37. The SMILES string of the molecule is C[C@@]12CC[C@H]3[C@]1(C)C[C@]32C(=O)Nc1cccc(Cl)c1Cl. The third-order valence-corrected chi connectivity index (χ3v) is 7.61. The van der Waals surface area contributed by atoms with Gasteiger partial charge in [-0.2, -0.15) is 0 Å². The number of amides is 1. The van der Waals surface area contributed by atoms with Gasteiger partial charge >= 0.3 is 0 Å². The lowest BCUT2D eigenvalue weighted by atomic mass is 9.21. The molecule has 1 aromatic rings. The number of halogens is 2. The third-order valence-electron chi connectivity index (χ3n) is 6.79. The van der Waals surface area contributed by atoms with E-state index < -0.39 is 0 Å². The van der Waals surface area contributed by atoms with Crippen LogP contribution in [0.4, 0.5) is 5.69 Å². The van der Waals surface area contributed by atoms with E-state index in [-0.39, 0.29) is 16.7 Å². The summed E-state index contributed by atoms with van der Waals surface area (Å²) in [6, 6.07) is 5.35. The second-order valence-corrected chi connectivity index (χ2v) is 7.83. The van der Waals surface area contributed by atoms with E-state index >= 15 is 0 Å². The molecule has 106 valence electrons. The van der Waals surface area contributed by atoms with Crippen LogP contribution in [0.25, 0.3) is 0 Å². The lowest BCUT2D eigenvalue weighted by Gasteiger charge is -2.81. The van der Waals surface area contributed by atoms with E-state index in [1.54, 1.807) is 6.07 Å². The first-order valence-corrected chi connectivity index (χ1v) is 7.88. The summed E-state index contributed by atoms with van der Waals surface area (Å²) in [7, 11) is 0. The number of benzene rings is 1. The summed E-state index contributed by atoms with van der Waals surface area (Å²) in [4.78, 5) is 12.8. The van der Waals surface area contributed by atoms with Crippen LogP contribution in [0.1, 0.15) is 33.1 Å². The topological polar surface area (TPSA) is 29.1 Å². The summed E-state index contributed by atoms with van der Waals surface area (Å²) < 4.78 is 0. The van der Waals surface area contributed by atoms with Crippen molar-refractivity contribution < 1.29 is 4.79 Å². The Kier molecular flexibility index (Phi) is 2.29. The maximum atomic E-state index is 12.8. The Morgan fingerprint density at radius 2 is 2.10 bits per heavy atom. The molecule has 5 fully saturated rings. The smallest absolute Gasteiger partial charge is 0.231 e. The number of nitrogens with one attached hydrogen (secondary N) is 1. The molecule has 0 saturated heterocycles. The Morgan fingerprint density at radius 3 is 2.70 bits per heavy atom. The van der Waals surface area contributed by atoms with Gasteiger partial charge in [0.15, 0.2) is 0 Å². The van der Waals surface area contributed by atoms with E-state index in [1.165, 1.54) is 12.8 Å². The van der Waals surface area contributed by atoms with Gasteiger partial charge in [-0.3, -0.25) is 4.79 Å². The summed E-state index contributed by atoms with van der Waals surface area (Å²) in [6.07, 6.45) is 3.37. The van der Waals surface area contributed by atoms with E-state index in [4.69, 9.17) is 23.2 Å². The lowest BCUT2D eigenvalue weighted by molar-refractivity contribution is -0.326. The zero-order valence-electron chi connectivity index (χ0n) is 11.6. The van der Waals surface area contributed by atoms with Crippen molar-refractivity contribution in [3.05, 3.63) is 28.2 Å². The zero-order valence-corrected chi connectivity index (χ0v) is 13.1. The van der Waals surface area contributed by atoms with Gasteiger partial charge in [0.2, 0.25) is 5.91 Å². The average molecular weight is 310 g/mol. The number of anilines is 1. The maximum Gasteiger partial charge on any atom is 0.231 e. The number of hydrogen-bond donors (Lipinski definition) is 1. The highest BCUT2D eigenvalue weighted by Gasteiger charge is 2.91. The van der Waals surface area contributed by atoms with Crippen LogP contribution >= 0.6 is 23.2 Å². The van der Waals surface area contributed by atoms with Gasteiger partial charge in [-0.25, -0.2) is 0 Å². The highest BCUT2D eigenvalue weighted by atomic mass is 35.5. The molecule has 0 spiro atoms. The molecule has 4 atom stereocenters. The van der Waals surface area contributed by atoms with E-state index in [9.17, 15) is 4.79 Å². The van der Waals surface area contributed by atoms with Crippen molar-refractivity contribution >= 4 is 34.8 Å². The molecule has 0 radical (unpaired) electrons. The molecule has 20 heavy (non-hydrogen) atoms. The fraction of sp³-hybridized carbons (Fsp3) is 0.562. The molecule has 5 aliphatic carbocycles. The Balaban J connectivity index is 1.63. The summed E-state index contributed by atoms with van der Waals surface area (Å²) in [6.45, 7) is 4.62. The Morgan fingerprint density at radius 1 is 1.35 bits per heavy atom. The van der Waals surface area contributed by atoms with E-state index in [2.05, 4.69) is 19.2 Å². The van der Waals surface area contributed by atoms with Crippen LogP contribution in [0.5, 0.6) is 0 Å². The van der Waals surface area contributed by atoms with Crippen LogP contribution in [0.3, 0.4) is 0 Å². The number of carbonyl (C=O) groups excluding carboxylic acids is 1. The first-order valence-electron chi connectivity index (χ1n) is 7.12. The second kappa shape index (κ2) is 3.53. The Bertz CT molecular complexity index is 645. The standard InChI is InChI=1S/C16H17Cl2NO/c1-14-8-16(11(14)6-7-15(14,16)2)13(20)19-10-5-3-4-9(17)12(10)18/h3-5,11H,6-8H2,1-2H3,(H,19,20)/t11-,14-,15+,16+/m0/s1. The Labute approximate surface area is 128 Å². The van der Waals surface area contributed by atoms with Crippen molar-refractivity contribution in [2.75, 3.05) is 5.32 Å². The van der Waals surface area contributed by atoms with Crippen molar-refractivity contribution in [1.82, 2.24) is 0 Å². The fourth-order valence-corrected chi connectivity index (χ4v) is 5.90. The fourth-order valence-electron chi connectivity index (χ4n) is 5.55. The molecule has 0 unspecified atom stereocenters. The highest BCUT2D eigenvalue weighted by Crippen LogP contribution is 2.93. The van der Waals surface area contributed by atoms with Crippen LogP contribution in [-0.2, 0) is 4.79 Å². The molecule has 1 aromatic carbocycles. The first kappa shape index (κ1) is 13.0. The van der Waals surface area contributed by atoms with Crippen LogP contribution in [0, 0.1) is 22.2 Å². The highest BCUT2D eigenvalue weighted by molar-refractivity contribution is 6.44. The summed E-state index contributed by atoms with van der Waals surface area (Å²) in [5.41, 5.74) is 1.04. The van der Waals surface area contributed by atoms with Gasteiger partial charge in [-0.15, -0.1) is 0 Å². The normalized spacial score (nSPS) is 43.7. The monoisotopic (exact) mass is 309 g/mol. The maximum absolute atomic E-state index is 12.8. The summed E-state index contributed by atoms with van der Waals surface area (Å²) in [5, 5.41) is 3.92. The molecule has 0 aliphatic heterocycles. The van der Waals surface area contributed by atoms with Gasteiger partial charge in [0, 0.05) is 0 Å². The summed E-state index contributed by atoms with van der Waals surface area (Å²) in [5.74, 6) is 0.688. The number of fused-ring (bicyclic) bond motifs is 1. The quantitative estimate of drug-likeness (QED) is 0.838. The molecule has 4 heteroatoms. The van der Waals surface area contributed by atoms with Crippen LogP contribution in [0.15, 0.2) is 18.2 Å². The second-order valence-electron chi connectivity index (χ2n) is 7.04. The molecule has 4 bridgehead atoms. The molecular weight excluding hydrogens is 293 g/mol. The molecule has 5 saturated carbocycles. The van der Waals surface area contributed by atoms with E-state index in [1.807, 2.05) is 12.1 Å². The minimum atomic E-state index is -0.159. The third kappa shape index (κ3) is 1.07. The van der Waals surface area contributed by atoms with Crippen molar-refractivity contribution in [2.24, 2.45) is 22.2 Å². The van der Waals surface area contributed by atoms with Crippen LogP contribution < -0.4 is 5.32 Å². The minimum Gasteiger partial charge on any atom is -0.324 e. The predicted octanol–water partition coefficient (Wildman–Crippen LogP) is 4.76. The van der Waals surface area contributed by atoms with Crippen molar-refractivity contribution in [3.63, 3.8) is 0 Å². The average Bonchev–Trinajstić information content (AvgIpc) is 2.78. The molecule has 0 aromatic heterocycles. The number of rotatable bonds is 2. The van der Waals surface area contributed by atoms with E-state index in [0.29, 0.717) is 27.1 Å². The van der Waals surface area contributed by atoms with Crippen LogP contribution in [0.2, 0.25) is 10.0 Å². The molecule has 2 nitrogen and oxygen atoms in total. The number of hydrogen-bond acceptors (Lipinski definition) is 1. The van der Waals surface area contributed by atoms with Crippen molar-refractivity contribution in [3.8, 4) is 0 Å². The molecule has 0 heterocycles. The lowest BCUT2D eigenvalue weighted by Crippen LogP contribution is -2.81. The molecule has 1 amide bonds. The van der Waals surface area contributed by atoms with Gasteiger partial charge in [-0.05, 0) is 48.1 Å². The predicted molar refractivity (Wildman–Crippen MR) is 81.1 cm³/mol. The molecule has 1 N–H and O–H groups in total. The molecule has 5 aliphatic rings. The minimum absolute atomic E-state index is 0.135. The van der Waals surface area contributed by atoms with Gasteiger partial charge in [0.05, 0.1) is 21.1 Å². The van der Waals surface area contributed by atoms with E-state index in [0.717, 1.165) is 6.42 Å². The zero-order chi connectivity index (χ0) is 14.3. The van der Waals surface area contributed by atoms with Gasteiger partial charge in [0.1, 0.15) is 0 Å². The summed E-state index contributed by atoms with van der Waals surface area (Å²) >= 11 is 12.2.